The molecule has 0 saturated heterocycles. The lowest BCUT2D eigenvalue weighted by atomic mass is 10.1. The van der Waals surface area contributed by atoms with E-state index in [1.165, 1.54) is 0 Å². The van der Waals surface area contributed by atoms with Gasteiger partial charge in [-0.15, -0.1) is 0 Å². The topological polar surface area (TPSA) is 56.0 Å². The van der Waals surface area contributed by atoms with Crippen molar-refractivity contribution >= 4 is 28.4 Å². The van der Waals surface area contributed by atoms with Gasteiger partial charge < -0.3 is 5.73 Å². The Labute approximate surface area is 104 Å². The minimum atomic E-state index is -0.424. The first-order valence-corrected chi connectivity index (χ1v) is 5.36. The molecule has 2 rings (SSSR count). The van der Waals surface area contributed by atoms with Crippen LogP contribution < -0.4 is 5.73 Å². The minimum Gasteiger partial charge on any atom is -0.369 e. The normalized spacial score (nSPS) is 9.71. The van der Waals surface area contributed by atoms with Crippen LogP contribution in [0, 0.1) is 11.8 Å². The van der Waals surface area contributed by atoms with Crippen LogP contribution in [-0.2, 0) is 4.79 Å². The molecule has 0 aliphatic rings. The van der Waals surface area contributed by atoms with Crippen molar-refractivity contribution in [1.82, 2.24) is 4.98 Å². The number of halogens is 1. The number of aromatic nitrogens is 1. The summed E-state index contributed by atoms with van der Waals surface area (Å²) in [6.45, 7) is 0. The van der Waals surface area contributed by atoms with Crippen LogP contribution in [0.5, 0.6) is 0 Å². The van der Waals surface area contributed by atoms with Gasteiger partial charge in [0.05, 0.1) is 11.9 Å². The van der Waals surface area contributed by atoms with Gasteiger partial charge in [-0.3, -0.25) is 4.79 Å². The molecule has 1 heterocycles. The Hall–Kier alpha value is -2.05. The van der Waals surface area contributed by atoms with Crippen LogP contribution in [0.2, 0.25) is 5.15 Å². The highest BCUT2D eigenvalue weighted by atomic mass is 35.5. The third-order valence-corrected chi connectivity index (χ3v) is 2.36. The average Bonchev–Trinajstić information content (AvgIpc) is 2.29. The summed E-state index contributed by atoms with van der Waals surface area (Å²) in [4.78, 5) is 14.7. The highest BCUT2D eigenvalue weighted by Crippen LogP contribution is 2.16. The van der Waals surface area contributed by atoms with E-state index in [0.29, 0.717) is 5.15 Å². The first-order chi connectivity index (χ1) is 8.15. The molecule has 1 amide bonds. The summed E-state index contributed by atoms with van der Waals surface area (Å²) in [5.74, 6) is 5.15. The lowest BCUT2D eigenvalue weighted by Crippen LogP contribution is -2.08. The molecule has 0 unspecified atom stereocenters. The summed E-state index contributed by atoms with van der Waals surface area (Å²) in [6.07, 6.45) is 0.0664. The Morgan fingerprint density at radius 1 is 1.35 bits per heavy atom. The fourth-order valence-electron chi connectivity index (χ4n) is 1.41. The van der Waals surface area contributed by atoms with Gasteiger partial charge in [0.2, 0.25) is 5.91 Å². The van der Waals surface area contributed by atoms with Gasteiger partial charge in [0.25, 0.3) is 0 Å². The number of nitrogens with zero attached hydrogens (tertiary/aromatic N) is 1. The van der Waals surface area contributed by atoms with Crippen molar-refractivity contribution in [3.8, 4) is 11.8 Å². The van der Waals surface area contributed by atoms with E-state index in [9.17, 15) is 4.79 Å². The van der Waals surface area contributed by atoms with E-state index in [4.69, 9.17) is 17.3 Å². The zero-order valence-corrected chi connectivity index (χ0v) is 9.66. The molecule has 2 aromatic rings. The Kier molecular flexibility index (Phi) is 3.27. The Morgan fingerprint density at radius 3 is 2.94 bits per heavy atom. The van der Waals surface area contributed by atoms with Crippen LogP contribution in [0.4, 0.5) is 0 Å². The Morgan fingerprint density at radius 2 is 2.18 bits per heavy atom. The molecule has 0 bridgehead atoms. The molecule has 17 heavy (non-hydrogen) atoms. The number of hydrogen-bond acceptors (Lipinski definition) is 2. The second kappa shape index (κ2) is 4.86. The summed E-state index contributed by atoms with van der Waals surface area (Å²) in [7, 11) is 0. The van der Waals surface area contributed by atoms with E-state index in [1.54, 1.807) is 6.07 Å². The molecule has 0 saturated carbocycles. The number of carbonyl (C=O) groups is 1. The highest BCUT2D eigenvalue weighted by Gasteiger charge is 1.97. The fourth-order valence-corrected chi connectivity index (χ4v) is 1.57. The molecule has 0 spiro atoms. The van der Waals surface area contributed by atoms with Gasteiger partial charge in [-0.05, 0) is 30.3 Å². The monoisotopic (exact) mass is 244 g/mol. The number of hydrogen-bond donors (Lipinski definition) is 1. The van der Waals surface area contributed by atoms with E-state index >= 15 is 0 Å². The quantitative estimate of drug-likeness (QED) is 0.617. The summed E-state index contributed by atoms with van der Waals surface area (Å²) in [5.41, 5.74) is 6.64. The van der Waals surface area contributed by atoms with Crippen molar-refractivity contribution in [3.63, 3.8) is 0 Å². The van der Waals surface area contributed by atoms with Gasteiger partial charge in [-0.25, -0.2) is 4.98 Å². The standard InChI is InChI=1S/C13H9ClN2O/c14-12-7-5-10-8-9(2-1-3-13(15)17)4-6-11(10)16-12/h4-8H,3H2,(H2,15,17). The Bertz CT molecular complexity index is 641. The Balaban J connectivity index is 2.34. The molecule has 0 aliphatic carbocycles. The number of rotatable bonds is 1. The van der Waals surface area contributed by atoms with Crippen LogP contribution in [0.15, 0.2) is 30.3 Å². The van der Waals surface area contributed by atoms with Gasteiger partial charge in [0.1, 0.15) is 5.15 Å². The highest BCUT2D eigenvalue weighted by molar-refractivity contribution is 6.29. The van der Waals surface area contributed by atoms with Crippen molar-refractivity contribution in [3.05, 3.63) is 41.0 Å². The number of fused-ring (bicyclic) bond motifs is 1. The predicted molar refractivity (Wildman–Crippen MR) is 67.4 cm³/mol. The number of nitrogens with two attached hydrogens (primary N) is 1. The molecule has 0 aliphatic heterocycles. The second-order valence-corrected chi connectivity index (χ2v) is 3.87. The number of primary amides is 1. The van der Waals surface area contributed by atoms with Crippen molar-refractivity contribution in [2.75, 3.05) is 0 Å². The number of benzene rings is 1. The summed E-state index contributed by atoms with van der Waals surface area (Å²) < 4.78 is 0. The van der Waals surface area contributed by atoms with E-state index in [1.807, 2.05) is 24.3 Å². The number of carbonyl (C=O) groups excluding carboxylic acids is 1. The second-order valence-electron chi connectivity index (χ2n) is 3.49. The SMILES string of the molecule is NC(=O)CC#Cc1ccc2nc(Cl)ccc2c1. The lowest BCUT2D eigenvalue weighted by Gasteiger charge is -1.98. The molecule has 2 N–H and O–H groups in total. The molecular formula is C13H9ClN2O. The molecule has 3 nitrogen and oxygen atoms in total. The predicted octanol–water partition coefficient (Wildman–Crippen LogP) is 2.12. The van der Waals surface area contributed by atoms with Gasteiger partial charge in [-0.2, -0.15) is 0 Å². The summed E-state index contributed by atoms with van der Waals surface area (Å²) >= 11 is 5.79. The van der Waals surface area contributed by atoms with Crippen molar-refractivity contribution in [2.24, 2.45) is 5.73 Å². The van der Waals surface area contributed by atoms with E-state index in [0.717, 1.165) is 16.5 Å². The average molecular weight is 245 g/mol. The maximum atomic E-state index is 10.5. The van der Waals surface area contributed by atoms with Gasteiger partial charge in [0, 0.05) is 10.9 Å². The minimum absolute atomic E-state index is 0.0664. The van der Waals surface area contributed by atoms with Gasteiger partial charge in [-0.1, -0.05) is 23.4 Å². The van der Waals surface area contributed by atoms with Crippen molar-refractivity contribution < 1.29 is 4.79 Å². The first-order valence-electron chi connectivity index (χ1n) is 4.98. The largest absolute Gasteiger partial charge is 0.369 e. The summed E-state index contributed by atoms with van der Waals surface area (Å²) in [5, 5.41) is 1.42. The molecule has 1 aromatic carbocycles. The van der Waals surface area contributed by atoms with E-state index in [2.05, 4.69) is 16.8 Å². The summed E-state index contributed by atoms with van der Waals surface area (Å²) in [6, 6.07) is 9.18. The molecule has 0 fully saturated rings. The van der Waals surface area contributed by atoms with E-state index in [-0.39, 0.29) is 6.42 Å². The van der Waals surface area contributed by atoms with Crippen molar-refractivity contribution in [2.45, 2.75) is 6.42 Å². The van der Waals surface area contributed by atoms with Crippen LogP contribution in [-0.4, -0.2) is 10.9 Å². The molecule has 4 heteroatoms. The van der Waals surface area contributed by atoms with Gasteiger partial charge >= 0.3 is 0 Å². The molecule has 0 radical (unpaired) electrons. The molecular weight excluding hydrogens is 236 g/mol. The maximum absolute atomic E-state index is 10.5. The smallest absolute Gasteiger partial charge is 0.229 e. The number of amides is 1. The van der Waals surface area contributed by atoms with E-state index < -0.39 is 5.91 Å². The van der Waals surface area contributed by atoms with Crippen molar-refractivity contribution in [1.29, 1.82) is 0 Å². The third kappa shape index (κ3) is 2.96. The zero-order valence-electron chi connectivity index (χ0n) is 8.90. The molecule has 1 aromatic heterocycles. The van der Waals surface area contributed by atoms with Crippen LogP contribution in [0.25, 0.3) is 10.9 Å². The van der Waals surface area contributed by atoms with Gasteiger partial charge in [0.15, 0.2) is 0 Å². The third-order valence-electron chi connectivity index (χ3n) is 2.15. The molecule has 0 atom stereocenters. The van der Waals surface area contributed by atoms with Crippen LogP contribution in [0.3, 0.4) is 0 Å². The first kappa shape index (κ1) is 11.4. The lowest BCUT2D eigenvalue weighted by molar-refractivity contribution is -0.117. The number of pyridine rings is 1. The molecule has 84 valence electrons. The fraction of sp³-hybridized carbons (Fsp3) is 0.0769. The zero-order chi connectivity index (χ0) is 12.3. The van der Waals surface area contributed by atoms with Crippen LogP contribution >= 0.6 is 11.6 Å². The maximum Gasteiger partial charge on any atom is 0.229 e. The van der Waals surface area contributed by atoms with Crippen LogP contribution in [0.1, 0.15) is 12.0 Å².